The number of ether oxygens (including phenoxy) is 1. The van der Waals surface area contributed by atoms with Crippen LogP contribution in [-0.2, 0) is 0 Å². The Bertz CT molecular complexity index is 375. The molecule has 0 radical (unpaired) electrons. The highest BCUT2D eigenvalue weighted by Gasteiger charge is 2.32. The average Bonchev–Trinajstić information content (AvgIpc) is 3.25. The molecule has 0 heterocycles. The Morgan fingerprint density at radius 2 is 2.00 bits per heavy atom. The molecule has 0 aromatic heterocycles. The van der Waals surface area contributed by atoms with Crippen LogP contribution in [0.3, 0.4) is 0 Å². The molecule has 1 aromatic carbocycles. The van der Waals surface area contributed by atoms with Gasteiger partial charge in [-0.25, -0.2) is 0 Å². The van der Waals surface area contributed by atoms with Crippen LogP contribution in [0.15, 0.2) is 24.3 Å². The fraction of sp³-hybridized carbons (Fsp3) is 0.625. The van der Waals surface area contributed by atoms with Gasteiger partial charge in [0.2, 0.25) is 0 Å². The molecule has 1 aliphatic rings. The van der Waals surface area contributed by atoms with Crippen LogP contribution in [0.5, 0.6) is 5.75 Å². The molecule has 1 fully saturated rings. The maximum atomic E-state index is 5.23. The quantitative estimate of drug-likeness (QED) is 0.783. The number of thioether (sulfide) groups is 1. The molecule has 3 heteroatoms. The van der Waals surface area contributed by atoms with Crippen LogP contribution in [0.1, 0.15) is 31.4 Å². The first-order chi connectivity index (χ1) is 9.24. The molecule has 0 spiro atoms. The largest absolute Gasteiger partial charge is 0.497 e. The lowest BCUT2D eigenvalue weighted by Gasteiger charge is -2.21. The molecule has 106 valence electrons. The first kappa shape index (κ1) is 14.7. The van der Waals surface area contributed by atoms with Gasteiger partial charge in [-0.15, -0.1) is 0 Å². The minimum atomic E-state index is 0.523. The Hall–Kier alpha value is -0.670. The lowest BCUT2D eigenvalue weighted by molar-refractivity contribution is 0.412. The smallest absolute Gasteiger partial charge is 0.118 e. The first-order valence-electron chi connectivity index (χ1n) is 7.11. The van der Waals surface area contributed by atoms with Crippen molar-refractivity contribution in [1.82, 2.24) is 5.32 Å². The number of hydrogen-bond donors (Lipinski definition) is 1. The van der Waals surface area contributed by atoms with Gasteiger partial charge in [0.25, 0.3) is 0 Å². The molecule has 1 aliphatic carbocycles. The molecule has 2 atom stereocenters. The van der Waals surface area contributed by atoms with Gasteiger partial charge in [0.05, 0.1) is 7.11 Å². The molecule has 0 bridgehead atoms. The van der Waals surface area contributed by atoms with Gasteiger partial charge in [-0.1, -0.05) is 19.1 Å². The normalized spacial score (nSPS) is 18.1. The van der Waals surface area contributed by atoms with Gasteiger partial charge in [0.15, 0.2) is 0 Å². The summed E-state index contributed by atoms with van der Waals surface area (Å²) in [6.45, 7) is 3.43. The third kappa shape index (κ3) is 4.43. The van der Waals surface area contributed by atoms with Crippen molar-refractivity contribution in [3.05, 3.63) is 29.8 Å². The van der Waals surface area contributed by atoms with Gasteiger partial charge in [-0.05, 0) is 60.9 Å². The fourth-order valence-electron chi connectivity index (χ4n) is 2.47. The van der Waals surface area contributed by atoms with Gasteiger partial charge in [-0.2, -0.15) is 11.8 Å². The zero-order chi connectivity index (χ0) is 13.7. The number of rotatable bonds is 8. The maximum absolute atomic E-state index is 5.23. The van der Waals surface area contributed by atoms with Crippen molar-refractivity contribution in [2.24, 2.45) is 11.8 Å². The van der Waals surface area contributed by atoms with Crippen molar-refractivity contribution in [1.29, 1.82) is 0 Å². The second-order valence-electron chi connectivity index (χ2n) is 5.56. The van der Waals surface area contributed by atoms with Gasteiger partial charge < -0.3 is 10.1 Å². The summed E-state index contributed by atoms with van der Waals surface area (Å²) in [4.78, 5) is 0. The van der Waals surface area contributed by atoms with E-state index in [1.807, 2.05) is 11.8 Å². The Labute approximate surface area is 121 Å². The van der Waals surface area contributed by atoms with Gasteiger partial charge in [-0.3, -0.25) is 0 Å². The van der Waals surface area contributed by atoms with E-state index in [1.165, 1.54) is 24.2 Å². The van der Waals surface area contributed by atoms with E-state index in [-0.39, 0.29) is 0 Å². The number of hydrogen-bond acceptors (Lipinski definition) is 3. The van der Waals surface area contributed by atoms with Crippen molar-refractivity contribution in [2.75, 3.05) is 25.7 Å². The topological polar surface area (TPSA) is 21.3 Å². The Morgan fingerprint density at radius 3 is 2.53 bits per heavy atom. The minimum absolute atomic E-state index is 0.523. The fourth-order valence-corrected chi connectivity index (χ4v) is 3.16. The minimum Gasteiger partial charge on any atom is -0.497 e. The van der Waals surface area contributed by atoms with Crippen molar-refractivity contribution in [3.8, 4) is 5.75 Å². The third-order valence-corrected chi connectivity index (χ3v) is 4.61. The SMILES string of the molecule is COc1ccc(C(NCC(C)CSC)C2CC2)cc1. The number of methoxy groups -OCH3 is 1. The first-order valence-corrected chi connectivity index (χ1v) is 8.50. The van der Waals surface area contributed by atoms with E-state index in [2.05, 4.69) is 42.8 Å². The molecule has 1 saturated carbocycles. The van der Waals surface area contributed by atoms with E-state index in [1.54, 1.807) is 7.11 Å². The standard InChI is InChI=1S/C16H25NOS/c1-12(11-19-3)10-17-16(13-4-5-13)14-6-8-15(18-2)9-7-14/h6-9,12-13,16-17H,4-5,10-11H2,1-3H3. The highest BCUT2D eigenvalue weighted by molar-refractivity contribution is 7.98. The molecule has 19 heavy (non-hydrogen) atoms. The summed E-state index contributed by atoms with van der Waals surface area (Å²) < 4.78 is 5.23. The van der Waals surface area contributed by atoms with E-state index < -0.39 is 0 Å². The molecule has 1 N–H and O–H groups in total. The van der Waals surface area contributed by atoms with Crippen LogP contribution in [0.2, 0.25) is 0 Å². The summed E-state index contributed by atoms with van der Waals surface area (Å²) in [5.41, 5.74) is 1.40. The van der Waals surface area contributed by atoms with Crippen LogP contribution in [-0.4, -0.2) is 25.7 Å². The van der Waals surface area contributed by atoms with Crippen molar-refractivity contribution in [2.45, 2.75) is 25.8 Å². The predicted octanol–water partition coefficient (Wildman–Crippen LogP) is 3.74. The molecular weight excluding hydrogens is 254 g/mol. The summed E-state index contributed by atoms with van der Waals surface area (Å²) in [6, 6.07) is 9.06. The van der Waals surface area contributed by atoms with Crippen LogP contribution >= 0.6 is 11.8 Å². The van der Waals surface area contributed by atoms with Gasteiger partial charge in [0.1, 0.15) is 5.75 Å². The van der Waals surface area contributed by atoms with Crippen LogP contribution in [0.25, 0.3) is 0 Å². The van der Waals surface area contributed by atoms with E-state index in [4.69, 9.17) is 4.74 Å². The molecule has 0 aliphatic heterocycles. The molecule has 0 amide bonds. The van der Waals surface area contributed by atoms with Crippen LogP contribution in [0, 0.1) is 11.8 Å². The van der Waals surface area contributed by atoms with Crippen molar-refractivity contribution < 1.29 is 4.74 Å². The second kappa shape index (κ2) is 7.20. The molecule has 2 nitrogen and oxygen atoms in total. The number of nitrogens with one attached hydrogen (secondary N) is 1. The summed E-state index contributed by atoms with van der Waals surface area (Å²) in [6.07, 6.45) is 4.90. The lowest BCUT2D eigenvalue weighted by atomic mass is 10.0. The molecule has 0 saturated heterocycles. The zero-order valence-corrected chi connectivity index (χ0v) is 13.0. The monoisotopic (exact) mass is 279 g/mol. The maximum Gasteiger partial charge on any atom is 0.118 e. The summed E-state index contributed by atoms with van der Waals surface area (Å²) >= 11 is 1.93. The van der Waals surface area contributed by atoms with Crippen molar-refractivity contribution >= 4 is 11.8 Å². The summed E-state index contributed by atoms with van der Waals surface area (Å²) in [5.74, 6) is 3.73. The van der Waals surface area contributed by atoms with Crippen LogP contribution < -0.4 is 10.1 Å². The average molecular weight is 279 g/mol. The van der Waals surface area contributed by atoms with E-state index in [0.717, 1.165) is 24.1 Å². The van der Waals surface area contributed by atoms with Crippen molar-refractivity contribution in [3.63, 3.8) is 0 Å². The second-order valence-corrected chi connectivity index (χ2v) is 6.47. The summed E-state index contributed by atoms with van der Waals surface area (Å²) in [5, 5.41) is 3.77. The van der Waals surface area contributed by atoms with Gasteiger partial charge >= 0.3 is 0 Å². The highest BCUT2D eigenvalue weighted by atomic mass is 32.2. The highest BCUT2D eigenvalue weighted by Crippen LogP contribution is 2.41. The van der Waals surface area contributed by atoms with E-state index in [0.29, 0.717) is 6.04 Å². The predicted molar refractivity (Wildman–Crippen MR) is 84.0 cm³/mol. The third-order valence-electron chi connectivity index (χ3n) is 3.71. The van der Waals surface area contributed by atoms with E-state index in [9.17, 15) is 0 Å². The van der Waals surface area contributed by atoms with E-state index >= 15 is 0 Å². The molecule has 2 unspecified atom stereocenters. The summed E-state index contributed by atoms with van der Waals surface area (Å²) in [7, 11) is 1.72. The molecular formula is C16H25NOS. The molecule has 1 aromatic rings. The zero-order valence-electron chi connectivity index (χ0n) is 12.2. The lowest BCUT2D eigenvalue weighted by Crippen LogP contribution is -2.28. The van der Waals surface area contributed by atoms with Gasteiger partial charge in [0, 0.05) is 6.04 Å². The van der Waals surface area contributed by atoms with Crippen LogP contribution in [0.4, 0.5) is 0 Å². The Kier molecular flexibility index (Phi) is 5.59. The number of benzene rings is 1. The molecule has 2 rings (SSSR count). The Morgan fingerprint density at radius 1 is 1.32 bits per heavy atom. The Balaban J connectivity index is 1.95.